The molecule has 0 heterocycles. The van der Waals surface area contributed by atoms with Crippen LogP contribution in [0.25, 0.3) is 4.85 Å². The molecule has 0 aromatic heterocycles. The van der Waals surface area contributed by atoms with Crippen LogP contribution in [0.1, 0.15) is 22.3 Å². The van der Waals surface area contributed by atoms with Gasteiger partial charge in [0.1, 0.15) is 11.8 Å². The van der Waals surface area contributed by atoms with E-state index in [0.29, 0.717) is 16.3 Å². The molecule has 0 radical (unpaired) electrons. The minimum atomic E-state index is -0.731. The molecule has 0 spiro atoms. The van der Waals surface area contributed by atoms with E-state index in [1.807, 2.05) is 44.1 Å². The predicted molar refractivity (Wildman–Crippen MR) is 154 cm³/mol. The zero-order chi connectivity index (χ0) is 27.6. The molecule has 0 saturated carbocycles. The molecule has 0 unspecified atom stereocenters. The number of benzene rings is 3. The summed E-state index contributed by atoms with van der Waals surface area (Å²) in [5, 5.41) is 12.4. The van der Waals surface area contributed by atoms with Gasteiger partial charge in [-0.2, -0.15) is 5.26 Å². The molecule has 188 valence electrons. The Balaban J connectivity index is 2.32. The number of halogens is 5. The maximum absolute atomic E-state index is 13.7. The maximum Gasteiger partial charge on any atom is 0.275 e. The highest BCUT2D eigenvalue weighted by Crippen LogP contribution is 2.44. The van der Waals surface area contributed by atoms with Gasteiger partial charge >= 0.3 is 0 Å². The van der Waals surface area contributed by atoms with Gasteiger partial charge in [0.05, 0.1) is 43.6 Å². The van der Waals surface area contributed by atoms with E-state index in [0.717, 1.165) is 11.3 Å². The van der Waals surface area contributed by atoms with Gasteiger partial charge in [-0.1, -0.05) is 58.0 Å². The summed E-state index contributed by atoms with van der Waals surface area (Å²) in [5.41, 5.74) is 2.31. The first-order valence-electron chi connectivity index (χ1n) is 10.5. The van der Waals surface area contributed by atoms with E-state index in [9.17, 15) is 10.1 Å². The minimum absolute atomic E-state index is 0.106. The Labute approximate surface area is 239 Å². The van der Waals surface area contributed by atoms with Gasteiger partial charge < -0.3 is 10.2 Å². The lowest BCUT2D eigenvalue weighted by Crippen LogP contribution is -2.25. The van der Waals surface area contributed by atoms with Crippen LogP contribution in [0, 0.1) is 31.8 Å². The lowest BCUT2D eigenvalue weighted by molar-refractivity contribution is -0.110. The number of aryl methyl sites for hydroxylation is 2. The number of nitrogens with zero attached hydrogens (tertiary/aromatic N) is 4. The average Bonchev–Trinajstić information content (AvgIpc) is 2.83. The van der Waals surface area contributed by atoms with Crippen LogP contribution >= 0.6 is 58.0 Å². The molecule has 1 amide bonds. The predicted octanol–water partition coefficient (Wildman–Crippen LogP) is 8.82. The number of nitriles is 1. The van der Waals surface area contributed by atoms with Gasteiger partial charge in [-0.05, 0) is 55.3 Å². The summed E-state index contributed by atoms with van der Waals surface area (Å²) in [5.74, 6) is -0.731. The van der Waals surface area contributed by atoms with Gasteiger partial charge in [0.2, 0.25) is 5.69 Å². The molecule has 3 aromatic carbocycles. The van der Waals surface area contributed by atoms with E-state index in [1.165, 1.54) is 6.07 Å². The Bertz CT molecular complexity index is 1510. The quantitative estimate of drug-likeness (QED) is 0.237. The molecule has 0 atom stereocenters. The first kappa shape index (κ1) is 28.6. The van der Waals surface area contributed by atoms with Gasteiger partial charge in [-0.3, -0.25) is 4.79 Å². The van der Waals surface area contributed by atoms with Gasteiger partial charge in [0, 0.05) is 30.4 Å². The fourth-order valence-corrected chi connectivity index (χ4v) is 4.86. The first-order chi connectivity index (χ1) is 17.4. The number of carbonyl (C=O) groups is 1. The lowest BCUT2D eigenvalue weighted by Gasteiger charge is -2.17. The highest BCUT2D eigenvalue weighted by Gasteiger charge is 2.28. The van der Waals surface area contributed by atoms with Crippen LogP contribution in [0.5, 0.6) is 0 Å². The molecule has 0 aliphatic carbocycles. The van der Waals surface area contributed by atoms with Crippen molar-refractivity contribution in [2.24, 2.45) is 4.99 Å². The van der Waals surface area contributed by atoms with Gasteiger partial charge in [0.15, 0.2) is 0 Å². The van der Waals surface area contributed by atoms with Crippen LogP contribution in [0.4, 0.5) is 22.7 Å². The fraction of sp³-hybridized carbons (Fsp3) is 0.154. The molecule has 3 aromatic rings. The van der Waals surface area contributed by atoms with Crippen molar-refractivity contribution in [1.82, 2.24) is 0 Å². The van der Waals surface area contributed by atoms with Crippen LogP contribution in [-0.2, 0) is 4.79 Å². The molecule has 3 rings (SSSR count). The van der Waals surface area contributed by atoms with Crippen molar-refractivity contribution in [3.63, 3.8) is 0 Å². The zero-order valence-corrected chi connectivity index (χ0v) is 23.8. The van der Waals surface area contributed by atoms with Crippen molar-refractivity contribution < 1.29 is 4.79 Å². The summed E-state index contributed by atoms with van der Waals surface area (Å²) in [6, 6.07) is 10.4. The highest BCUT2D eigenvalue weighted by atomic mass is 35.5. The van der Waals surface area contributed by atoms with E-state index in [-0.39, 0.29) is 48.3 Å². The van der Waals surface area contributed by atoms with E-state index >= 15 is 0 Å². The van der Waals surface area contributed by atoms with Crippen LogP contribution in [0.2, 0.25) is 25.1 Å². The standard InChI is InChI=1S/C26H18Cl5N5O/c1-12-9-19(17(28)10-16(12)27)35-26(37)24(34-18-7-6-14(36(4)5)8-13(18)2)20-21(29)15(11-32)22(30)25(33-3)23(20)31/h6-10H,1-2,4-5H3,(H,35,37). The third-order valence-electron chi connectivity index (χ3n) is 5.39. The smallest absolute Gasteiger partial charge is 0.275 e. The Morgan fingerprint density at radius 2 is 1.68 bits per heavy atom. The van der Waals surface area contributed by atoms with Crippen molar-refractivity contribution >= 4 is 92.4 Å². The number of amides is 1. The molecule has 0 aliphatic heterocycles. The third-order valence-corrected chi connectivity index (χ3v) is 7.23. The van der Waals surface area contributed by atoms with E-state index in [4.69, 9.17) is 64.6 Å². The van der Waals surface area contributed by atoms with Crippen LogP contribution in [0.3, 0.4) is 0 Å². The summed E-state index contributed by atoms with van der Waals surface area (Å²) in [4.78, 5) is 23.5. The molecule has 6 nitrogen and oxygen atoms in total. The number of aliphatic imine (C=N–C) groups is 1. The van der Waals surface area contributed by atoms with E-state index < -0.39 is 5.91 Å². The number of rotatable bonds is 5. The Morgan fingerprint density at radius 1 is 1.00 bits per heavy atom. The summed E-state index contributed by atoms with van der Waals surface area (Å²) >= 11 is 31.7. The topological polar surface area (TPSA) is 72.8 Å². The number of hydrogen-bond donors (Lipinski definition) is 1. The number of hydrogen-bond acceptors (Lipinski definition) is 4. The zero-order valence-electron chi connectivity index (χ0n) is 20.0. The minimum Gasteiger partial charge on any atom is -0.378 e. The van der Waals surface area contributed by atoms with E-state index in [1.54, 1.807) is 19.1 Å². The van der Waals surface area contributed by atoms with Crippen LogP contribution in [-0.4, -0.2) is 25.7 Å². The molecular formula is C26H18Cl5N5O. The number of carbonyl (C=O) groups excluding carboxylic acids is 1. The Hall–Kier alpha value is -2.97. The molecule has 0 saturated heterocycles. The van der Waals surface area contributed by atoms with E-state index in [2.05, 4.69) is 15.2 Å². The second-order valence-corrected chi connectivity index (χ2v) is 10.1. The van der Waals surface area contributed by atoms with Gasteiger partial charge in [-0.15, -0.1) is 0 Å². The molecule has 0 bridgehead atoms. The third kappa shape index (κ3) is 5.80. The second-order valence-electron chi connectivity index (χ2n) is 8.13. The molecule has 0 fully saturated rings. The summed E-state index contributed by atoms with van der Waals surface area (Å²) in [6.07, 6.45) is 0. The van der Waals surface area contributed by atoms with Gasteiger partial charge in [-0.25, -0.2) is 9.84 Å². The largest absolute Gasteiger partial charge is 0.378 e. The molecule has 0 aliphatic rings. The van der Waals surface area contributed by atoms with Crippen molar-refractivity contribution in [2.75, 3.05) is 24.3 Å². The average molecular weight is 594 g/mol. The molecule has 11 heteroatoms. The number of anilines is 2. The monoisotopic (exact) mass is 591 g/mol. The highest BCUT2D eigenvalue weighted by molar-refractivity contribution is 6.57. The fourth-order valence-electron chi connectivity index (χ4n) is 3.37. The summed E-state index contributed by atoms with van der Waals surface area (Å²) < 4.78 is 0. The Kier molecular flexibility index (Phi) is 8.97. The van der Waals surface area contributed by atoms with Crippen LogP contribution in [0.15, 0.2) is 35.3 Å². The van der Waals surface area contributed by atoms with Crippen molar-refractivity contribution in [3.8, 4) is 6.07 Å². The molecule has 1 N–H and O–H groups in total. The molecular weight excluding hydrogens is 576 g/mol. The van der Waals surface area contributed by atoms with Crippen molar-refractivity contribution in [3.05, 3.63) is 89.1 Å². The maximum atomic E-state index is 13.7. The van der Waals surface area contributed by atoms with Crippen molar-refractivity contribution in [2.45, 2.75) is 13.8 Å². The van der Waals surface area contributed by atoms with Gasteiger partial charge in [0.25, 0.3) is 5.91 Å². The lowest BCUT2D eigenvalue weighted by atomic mass is 10.0. The summed E-state index contributed by atoms with van der Waals surface area (Å²) in [7, 11) is 3.80. The second kappa shape index (κ2) is 11.6. The normalized spacial score (nSPS) is 11.1. The number of nitrogens with one attached hydrogen (secondary N) is 1. The SMILES string of the molecule is [C-]#[N+]c1c(Cl)c(C#N)c(Cl)c(C(=Nc2ccc(N(C)C)cc2C)C(=O)Nc2cc(C)c(Cl)cc2Cl)c1Cl. The first-order valence-corrected chi connectivity index (χ1v) is 12.4. The molecule has 37 heavy (non-hydrogen) atoms. The van der Waals surface area contributed by atoms with Crippen LogP contribution < -0.4 is 10.2 Å². The summed E-state index contributed by atoms with van der Waals surface area (Å²) in [6.45, 7) is 11.1. The Morgan fingerprint density at radius 3 is 2.24 bits per heavy atom. The van der Waals surface area contributed by atoms with Crippen molar-refractivity contribution in [1.29, 1.82) is 5.26 Å².